The van der Waals surface area contributed by atoms with Crippen molar-refractivity contribution >= 4 is 12.3 Å². The first kappa shape index (κ1) is 31.8. The fraction of sp³-hybridized carbons (Fsp3) is 0.939. The van der Waals surface area contributed by atoms with Crippen LogP contribution in [0.3, 0.4) is 0 Å². The molecule has 4 aliphatic carbocycles. The number of aliphatic hydroxyl groups is 5. The molecule has 2 heterocycles. The molecule has 4 saturated carbocycles. The quantitative estimate of drug-likeness (QED) is 0.223. The third kappa shape index (κ3) is 4.93. The van der Waals surface area contributed by atoms with Crippen LogP contribution in [0.5, 0.6) is 0 Å². The van der Waals surface area contributed by atoms with Crippen LogP contribution in [0.1, 0.15) is 85.5 Å². The summed E-state index contributed by atoms with van der Waals surface area (Å²) in [6, 6.07) is 0. The highest BCUT2D eigenvalue weighted by Gasteiger charge is 2.69. The molecule has 2 aliphatic heterocycles. The number of carbonyl (C=O) groups excluding carboxylic acids is 2. The molecule has 43 heavy (non-hydrogen) atoms. The molecule has 0 bridgehead atoms. The number of esters is 1. The Hall–Kier alpha value is -1.14. The minimum atomic E-state index is -2.17. The zero-order valence-electron chi connectivity index (χ0n) is 26.0. The van der Waals surface area contributed by atoms with E-state index < -0.39 is 48.4 Å². The fourth-order valence-corrected chi connectivity index (χ4v) is 11.2. The third-order valence-electron chi connectivity index (χ3n) is 13.6. The molecule has 6 fully saturated rings. The van der Waals surface area contributed by atoms with Crippen molar-refractivity contribution in [2.24, 2.45) is 52.3 Å². The summed E-state index contributed by atoms with van der Waals surface area (Å²) in [7, 11) is 0. The largest absolute Gasteiger partial charge is 0.458 e. The summed E-state index contributed by atoms with van der Waals surface area (Å²) in [5, 5.41) is 50.8. The monoisotopic (exact) mass is 608 g/mol. The van der Waals surface area contributed by atoms with Crippen molar-refractivity contribution in [2.45, 2.75) is 134 Å². The normalized spacial score (nSPS) is 51.7. The second-order valence-corrected chi connectivity index (χ2v) is 15.7. The second kappa shape index (κ2) is 11.3. The van der Waals surface area contributed by atoms with Gasteiger partial charge >= 0.3 is 5.97 Å². The van der Waals surface area contributed by atoms with E-state index in [1.54, 1.807) is 0 Å². The van der Waals surface area contributed by atoms with Gasteiger partial charge in [-0.25, -0.2) is 4.79 Å². The van der Waals surface area contributed by atoms with E-state index in [9.17, 15) is 35.1 Å². The van der Waals surface area contributed by atoms with E-state index in [4.69, 9.17) is 14.2 Å². The van der Waals surface area contributed by atoms with E-state index in [1.807, 2.05) is 0 Å². The first-order valence-electron chi connectivity index (χ1n) is 16.6. The number of aliphatic hydroxyl groups excluding tert-OH is 5. The van der Waals surface area contributed by atoms with Crippen molar-refractivity contribution in [1.82, 2.24) is 0 Å². The van der Waals surface area contributed by atoms with Crippen LogP contribution in [0.4, 0.5) is 0 Å². The number of aldehydes is 1. The van der Waals surface area contributed by atoms with Crippen LogP contribution in [0.25, 0.3) is 0 Å². The van der Waals surface area contributed by atoms with Gasteiger partial charge in [-0.3, -0.25) is 0 Å². The van der Waals surface area contributed by atoms with Gasteiger partial charge in [0, 0.05) is 12.3 Å². The van der Waals surface area contributed by atoms with Crippen LogP contribution in [-0.2, 0) is 23.8 Å². The Morgan fingerprint density at radius 3 is 2.37 bits per heavy atom. The molecule has 0 aromatic heterocycles. The summed E-state index contributed by atoms with van der Waals surface area (Å²) in [5.41, 5.74) is 0.0107. The zero-order valence-corrected chi connectivity index (χ0v) is 26.0. The highest BCUT2D eigenvalue weighted by atomic mass is 16.7. The van der Waals surface area contributed by atoms with Gasteiger partial charge in [-0.2, -0.15) is 0 Å². The van der Waals surface area contributed by atoms with Crippen LogP contribution in [-0.4, -0.2) is 92.9 Å². The van der Waals surface area contributed by atoms with Crippen LogP contribution >= 0.6 is 0 Å². The maximum atomic E-state index is 12.8. The van der Waals surface area contributed by atoms with Gasteiger partial charge < -0.3 is 44.5 Å². The molecule has 0 unspecified atom stereocenters. The lowest BCUT2D eigenvalue weighted by atomic mass is 9.44. The predicted octanol–water partition coefficient (Wildman–Crippen LogP) is 1.96. The average Bonchev–Trinajstić information content (AvgIpc) is 3.43. The summed E-state index contributed by atoms with van der Waals surface area (Å²) in [5.74, 6) is 1.53. The van der Waals surface area contributed by atoms with E-state index in [1.165, 1.54) is 0 Å². The first-order valence-corrected chi connectivity index (χ1v) is 16.6. The standard InChI is InChI=1S/C33H52O10/c1-16-7-10-33(41-15-16)17(2)26-24(43-33)12-21-19-6-5-18-11-22(35)25(13-32(18,4)20(19)8-9-31(21,26)3)42-30(40)29(39)28(38)27(37)23(36)14-34/h14,16-29,35-39H,5-13,15H2,1-4H3/t16-,17+,18+,19-,20+,21+,22-,23+,24+,25-,26+,27-,28+,29+,31+,32+,33+/m1/s1. The highest BCUT2D eigenvalue weighted by molar-refractivity contribution is 5.75. The predicted molar refractivity (Wildman–Crippen MR) is 153 cm³/mol. The highest BCUT2D eigenvalue weighted by Crippen LogP contribution is 2.71. The Bertz CT molecular complexity index is 1060. The Morgan fingerprint density at radius 2 is 1.70 bits per heavy atom. The fourth-order valence-electron chi connectivity index (χ4n) is 11.2. The van der Waals surface area contributed by atoms with Crippen molar-refractivity contribution in [1.29, 1.82) is 0 Å². The molecular weight excluding hydrogens is 556 g/mol. The van der Waals surface area contributed by atoms with Crippen molar-refractivity contribution < 1.29 is 49.3 Å². The van der Waals surface area contributed by atoms with Crippen LogP contribution in [0.2, 0.25) is 0 Å². The second-order valence-electron chi connectivity index (χ2n) is 15.7. The molecule has 17 atom stereocenters. The van der Waals surface area contributed by atoms with Gasteiger partial charge in [0.15, 0.2) is 18.2 Å². The van der Waals surface area contributed by atoms with Crippen molar-refractivity contribution in [3.05, 3.63) is 0 Å². The van der Waals surface area contributed by atoms with Crippen molar-refractivity contribution in [3.8, 4) is 0 Å². The summed E-state index contributed by atoms with van der Waals surface area (Å²) in [6.45, 7) is 10.1. The summed E-state index contributed by atoms with van der Waals surface area (Å²) in [4.78, 5) is 23.6. The van der Waals surface area contributed by atoms with E-state index in [0.717, 1.165) is 51.6 Å². The minimum Gasteiger partial charge on any atom is -0.458 e. The number of fused-ring (bicyclic) bond motifs is 7. The molecule has 0 amide bonds. The lowest BCUT2D eigenvalue weighted by molar-refractivity contribution is -0.273. The van der Waals surface area contributed by atoms with E-state index in [-0.39, 0.29) is 23.2 Å². The Morgan fingerprint density at radius 1 is 0.953 bits per heavy atom. The summed E-state index contributed by atoms with van der Waals surface area (Å²) < 4.78 is 18.9. The Labute approximate surface area is 254 Å². The van der Waals surface area contributed by atoms with Gasteiger partial charge in [0.1, 0.15) is 24.4 Å². The van der Waals surface area contributed by atoms with Gasteiger partial charge in [0.25, 0.3) is 0 Å². The maximum Gasteiger partial charge on any atom is 0.338 e. The number of ether oxygens (including phenoxy) is 3. The van der Waals surface area contributed by atoms with E-state index >= 15 is 0 Å². The molecule has 0 aromatic carbocycles. The molecule has 10 nitrogen and oxygen atoms in total. The number of hydrogen-bond donors (Lipinski definition) is 5. The molecule has 0 aromatic rings. The molecule has 0 radical (unpaired) electrons. The molecular formula is C33H52O10. The Balaban J connectivity index is 1.16. The lowest BCUT2D eigenvalue weighted by Gasteiger charge is -2.62. The third-order valence-corrected chi connectivity index (χ3v) is 13.6. The van der Waals surface area contributed by atoms with Crippen molar-refractivity contribution in [3.63, 3.8) is 0 Å². The van der Waals surface area contributed by atoms with Crippen LogP contribution in [0.15, 0.2) is 0 Å². The molecule has 244 valence electrons. The molecule has 1 spiro atoms. The summed E-state index contributed by atoms with van der Waals surface area (Å²) in [6.07, 6.45) is -1.41. The maximum absolute atomic E-state index is 12.8. The first-order chi connectivity index (χ1) is 20.3. The molecule has 6 rings (SSSR count). The minimum absolute atomic E-state index is 0.0129. The van der Waals surface area contributed by atoms with Crippen LogP contribution in [0, 0.1) is 52.3 Å². The van der Waals surface area contributed by atoms with E-state index in [0.29, 0.717) is 54.3 Å². The molecule has 10 heteroatoms. The molecule has 5 N–H and O–H groups in total. The number of carbonyl (C=O) groups is 2. The molecule has 2 saturated heterocycles. The smallest absolute Gasteiger partial charge is 0.338 e. The number of hydrogen-bond acceptors (Lipinski definition) is 10. The number of rotatable bonds is 6. The average molecular weight is 609 g/mol. The van der Waals surface area contributed by atoms with Gasteiger partial charge in [-0.1, -0.05) is 27.7 Å². The Kier molecular flexibility index (Phi) is 8.35. The van der Waals surface area contributed by atoms with Gasteiger partial charge in [0.2, 0.25) is 0 Å². The van der Waals surface area contributed by atoms with Gasteiger partial charge in [-0.05, 0) is 97.7 Å². The van der Waals surface area contributed by atoms with Crippen LogP contribution < -0.4 is 0 Å². The van der Waals surface area contributed by atoms with E-state index in [2.05, 4.69) is 27.7 Å². The van der Waals surface area contributed by atoms with Crippen molar-refractivity contribution in [2.75, 3.05) is 6.61 Å². The SMILES string of the molecule is C[C@@H]1CC[C@]2(OC1)O[C@H]1C[C@H]3[C@@H]4CC[C@H]5C[C@@H](O)[C@H](OC(=O)[C@@H](O)[C@@H](O)[C@H](O)[C@@H](O)C=O)C[C@]5(C)[C@H]4CC[C@]3(C)[C@H]1[C@@H]2C. The molecule has 6 aliphatic rings. The van der Waals surface area contributed by atoms with Gasteiger partial charge in [0.05, 0.1) is 18.8 Å². The topological polar surface area (TPSA) is 163 Å². The zero-order chi connectivity index (χ0) is 31.1. The van der Waals surface area contributed by atoms with Gasteiger partial charge in [-0.15, -0.1) is 0 Å². The summed E-state index contributed by atoms with van der Waals surface area (Å²) >= 11 is 0. The lowest BCUT2D eigenvalue weighted by Crippen LogP contribution is -2.58.